The molecule has 2 heterocycles. The number of alkyl halides is 3. The molecule has 0 spiro atoms. The molecule has 1 aliphatic heterocycles. The van der Waals surface area contributed by atoms with Crippen LogP contribution in [0.4, 0.5) is 13.2 Å². The highest BCUT2D eigenvalue weighted by Crippen LogP contribution is 2.26. The molecule has 1 aromatic rings. The maximum atomic E-state index is 12.6. The molecule has 1 saturated heterocycles. The summed E-state index contributed by atoms with van der Waals surface area (Å²) < 4.78 is 47.4. The van der Waals surface area contributed by atoms with Crippen LogP contribution in [0.15, 0.2) is 10.6 Å². The van der Waals surface area contributed by atoms with Crippen LogP contribution in [0, 0.1) is 0 Å². The van der Waals surface area contributed by atoms with E-state index in [0.29, 0.717) is 12.2 Å². The second-order valence-electron chi connectivity index (χ2n) is 4.58. The molecule has 0 N–H and O–H groups in total. The molecule has 112 valence electrons. The number of morpholine rings is 1. The number of halogens is 3. The summed E-state index contributed by atoms with van der Waals surface area (Å²) in [4.78, 5) is 13.2. The van der Waals surface area contributed by atoms with Gasteiger partial charge < -0.3 is 14.2 Å². The minimum absolute atomic E-state index is 0.0382. The highest BCUT2D eigenvalue weighted by Gasteiger charge is 2.44. The van der Waals surface area contributed by atoms with Crippen LogP contribution >= 0.6 is 0 Å². The van der Waals surface area contributed by atoms with E-state index in [1.807, 2.05) is 6.92 Å². The predicted molar refractivity (Wildman–Crippen MR) is 62.2 cm³/mol. The Labute approximate surface area is 113 Å². The molecule has 2 rings (SSSR count). The SMILES string of the molecule is CCCc1cc(C(=O)N2CCO[C@H](C(F)(F)F)C2)no1. The standard InChI is InChI=1S/C12H15F3N2O3/c1-2-3-8-6-9(16-20-8)11(18)17-4-5-19-10(7-17)12(13,14)15/h6,10H,2-5,7H2,1H3/t10-/m0/s1. The Morgan fingerprint density at radius 2 is 2.30 bits per heavy atom. The van der Waals surface area contributed by atoms with Crippen molar-refractivity contribution >= 4 is 5.91 Å². The summed E-state index contributed by atoms with van der Waals surface area (Å²) in [5.41, 5.74) is 0.0382. The Balaban J connectivity index is 2.04. The van der Waals surface area contributed by atoms with Crippen LogP contribution in [-0.4, -0.2) is 47.9 Å². The lowest BCUT2D eigenvalue weighted by atomic mass is 10.2. The smallest absolute Gasteiger partial charge is 0.365 e. The molecule has 1 aromatic heterocycles. The second-order valence-corrected chi connectivity index (χ2v) is 4.58. The Hall–Kier alpha value is -1.57. The number of ether oxygens (including phenoxy) is 1. The first-order valence-corrected chi connectivity index (χ1v) is 6.35. The second kappa shape index (κ2) is 5.82. The highest BCUT2D eigenvalue weighted by atomic mass is 19.4. The van der Waals surface area contributed by atoms with Crippen molar-refractivity contribution in [2.75, 3.05) is 19.7 Å². The Morgan fingerprint density at radius 3 is 2.95 bits per heavy atom. The van der Waals surface area contributed by atoms with Gasteiger partial charge in [-0.05, 0) is 6.42 Å². The van der Waals surface area contributed by atoms with E-state index >= 15 is 0 Å². The van der Waals surface area contributed by atoms with Gasteiger partial charge in [0.2, 0.25) is 0 Å². The van der Waals surface area contributed by atoms with Gasteiger partial charge in [0.1, 0.15) is 5.76 Å². The third-order valence-corrected chi connectivity index (χ3v) is 2.99. The van der Waals surface area contributed by atoms with Gasteiger partial charge in [0, 0.05) is 19.0 Å². The monoisotopic (exact) mass is 292 g/mol. The molecule has 1 amide bonds. The van der Waals surface area contributed by atoms with E-state index in [9.17, 15) is 18.0 Å². The van der Waals surface area contributed by atoms with Crippen LogP contribution in [0.2, 0.25) is 0 Å². The van der Waals surface area contributed by atoms with Gasteiger partial charge in [-0.25, -0.2) is 0 Å². The fourth-order valence-electron chi connectivity index (χ4n) is 1.97. The van der Waals surface area contributed by atoms with Crippen LogP contribution < -0.4 is 0 Å². The summed E-state index contributed by atoms with van der Waals surface area (Å²) in [6, 6.07) is 1.48. The molecule has 1 fully saturated rings. The van der Waals surface area contributed by atoms with Gasteiger partial charge in [0.05, 0.1) is 13.2 Å². The van der Waals surface area contributed by atoms with Crippen molar-refractivity contribution in [1.82, 2.24) is 10.1 Å². The average Bonchev–Trinajstić information content (AvgIpc) is 2.86. The fourth-order valence-corrected chi connectivity index (χ4v) is 1.97. The predicted octanol–water partition coefficient (Wildman–Crippen LogP) is 2.03. The van der Waals surface area contributed by atoms with Crippen LogP contribution in [0.1, 0.15) is 29.6 Å². The van der Waals surface area contributed by atoms with Crippen molar-refractivity contribution in [3.63, 3.8) is 0 Å². The van der Waals surface area contributed by atoms with Crippen molar-refractivity contribution in [2.24, 2.45) is 0 Å². The number of aromatic nitrogens is 1. The number of carbonyl (C=O) groups excluding carboxylic acids is 1. The molecular formula is C12H15F3N2O3. The summed E-state index contributed by atoms with van der Waals surface area (Å²) >= 11 is 0. The first kappa shape index (κ1) is 14.8. The average molecular weight is 292 g/mol. The van der Waals surface area contributed by atoms with Crippen molar-refractivity contribution in [1.29, 1.82) is 0 Å². The number of hydrogen-bond acceptors (Lipinski definition) is 4. The molecule has 5 nitrogen and oxygen atoms in total. The largest absolute Gasteiger partial charge is 0.416 e. The van der Waals surface area contributed by atoms with Gasteiger partial charge in [0.25, 0.3) is 5.91 Å². The number of nitrogens with zero attached hydrogens (tertiary/aromatic N) is 2. The molecule has 0 bridgehead atoms. The lowest BCUT2D eigenvalue weighted by molar-refractivity contribution is -0.233. The number of amides is 1. The zero-order valence-electron chi connectivity index (χ0n) is 10.9. The number of aryl methyl sites for hydroxylation is 1. The molecule has 0 unspecified atom stereocenters. The van der Waals surface area contributed by atoms with Gasteiger partial charge in [0.15, 0.2) is 11.8 Å². The summed E-state index contributed by atoms with van der Waals surface area (Å²) in [5.74, 6) is -0.00914. The lowest BCUT2D eigenvalue weighted by Crippen LogP contribution is -2.51. The summed E-state index contributed by atoms with van der Waals surface area (Å²) in [6.07, 6.45) is -4.96. The highest BCUT2D eigenvalue weighted by molar-refractivity contribution is 5.92. The number of rotatable bonds is 3. The van der Waals surface area contributed by atoms with Gasteiger partial charge in [-0.2, -0.15) is 13.2 Å². The molecule has 1 atom stereocenters. The quantitative estimate of drug-likeness (QED) is 0.855. The summed E-state index contributed by atoms with van der Waals surface area (Å²) in [7, 11) is 0. The van der Waals surface area contributed by atoms with Crippen molar-refractivity contribution < 1.29 is 27.2 Å². The molecule has 20 heavy (non-hydrogen) atoms. The van der Waals surface area contributed by atoms with Crippen molar-refractivity contribution in [3.8, 4) is 0 Å². The van der Waals surface area contributed by atoms with E-state index in [0.717, 1.165) is 11.3 Å². The first-order valence-electron chi connectivity index (χ1n) is 6.35. The van der Waals surface area contributed by atoms with Crippen LogP contribution in [0.25, 0.3) is 0 Å². The Kier molecular flexibility index (Phi) is 4.32. The van der Waals surface area contributed by atoms with Gasteiger partial charge in [-0.3, -0.25) is 4.79 Å². The molecule has 0 aliphatic carbocycles. The normalized spacial score (nSPS) is 20.2. The molecule has 0 saturated carbocycles. The van der Waals surface area contributed by atoms with E-state index in [2.05, 4.69) is 9.89 Å². The fraction of sp³-hybridized carbons (Fsp3) is 0.667. The van der Waals surface area contributed by atoms with Gasteiger partial charge in [-0.1, -0.05) is 12.1 Å². The summed E-state index contributed by atoms with van der Waals surface area (Å²) in [6.45, 7) is 1.40. The zero-order chi connectivity index (χ0) is 14.8. The minimum atomic E-state index is -4.48. The Morgan fingerprint density at radius 1 is 1.55 bits per heavy atom. The molecule has 0 radical (unpaired) electrons. The molecular weight excluding hydrogens is 277 g/mol. The molecule has 1 aliphatic rings. The zero-order valence-corrected chi connectivity index (χ0v) is 10.9. The van der Waals surface area contributed by atoms with E-state index in [4.69, 9.17) is 4.52 Å². The van der Waals surface area contributed by atoms with Crippen molar-refractivity contribution in [3.05, 3.63) is 17.5 Å². The van der Waals surface area contributed by atoms with Gasteiger partial charge >= 0.3 is 6.18 Å². The number of hydrogen-bond donors (Lipinski definition) is 0. The first-order chi connectivity index (χ1) is 9.41. The minimum Gasteiger partial charge on any atom is -0.365 e. The Bertz CT molecular complexity index is 473. The number of carbonyl (C=O) groups is 1. The maximum Gasteiger partial charge on any atom is 0.416 e. The van der Waals surface area contributed by atoms with Gasteiger partial charge in [-0.15, -0.1) is 0 Å². The lowest BCUT2D eigenvalue weighted by Gasteiger charge is -2.33. The van der Waals surface area contributed by atoms with Crippen LogP contribution in [0.5, 0.6) is 0 Å². The van der Waals surface area contributed by atoms with Crippen LogP contribution in [0.3, 0.4) is 0 Å². The van der Waals surface area contributed by atoms with Crippen LogP contribution in [-0.2, 0) is 11.2 Å². The van der Waals surface area contributed by atoms with E-state index in [1.165, 1.54) is 6.07 Å². The maximum absolute atomic E-state index is 12.6. The molecule has 0 aromatic carbocycles. The third kappa shape index (κ3) is 3.30. The van der Waals surface area contributed by atoms with E-state index in [1.54, 1.807) is 0 Å². The van der Waals surface area contributed by atoms with E-state index < -0.39 is 24.7 Å². The van der Waals surface area contributed by atoms with Crippen molar-refractivity contribution in [2.45, 2.75) is 32.0 Å². The third-order valence-electron chi connectivity index (χ3n) is 2.99. The molecule has 8 heteroatoms. The summed E-state index contributed by atoms with van der Waals surface area (Å²) in [5, 5.41) is 3.61. The van der Waals surface area contributed by atoms with E-state index in [-0.39, 0.29) is 18.8 Å². The topological polar surface area (TPSA) is 55.6 Å².